The number of rotatable bonds is 5. The third-order valence-electron chi connectivity index (χ3n) is 1.19. The highest BCUT2D eigenvalue weighted by molar-refractivity contribution is 8.03. The highest BCUT2D eigenvalue weighted by atomic mass is 32.3. The van der Waals surface area contributed by atoms with E-state index < -0.39 is 20.2 Å². The molecule has 0 N–H and O–H groups in total. The fourth-order valence-corrected chi connectivity index (χ4v) is 3.31. The van der Waals surface area contributed by atoms with Gasteiger partial charge in [0.2, 0.25) is 10.0 Å². The zero-order valence-corrected chi connectivity index (χ0v) is 9.30. The quantitative estimate of drug-likeness (QED) is 0.466. The van der Waals surface area contributed by atoms with Crippen molar-refractivity contribution in [2.75, 3.05) is 12.8 Å². The van der Waals surface area contributed by atoms with Crippen LogP contribution in [-0.4, -0.2) is 39.4 Å². The molecular formula is C5H10N2O5S2. The van der Waals surface area contributed by atoms with Crippen molar-refractivity contribution >= 4 is 26.3 Å². The number of isocyanates is 1. The summed E-state index contributed by atoms with van der Waals surface area (Å²) in [7, 11) is -8.38. The van der Waals surface area contributed by atoms with Gasteiger partial charge in [-0.25, -0.2) is 13.2 Å². The van der Waals surface area contributed by atoms with Gasteiger partial charge in [-0.3, -0.25) is 0 Å². The van der Waals surface area contributed by atoms with Crippen molar-refractivity contribution in [3.05, 3.63) is 0 Å². The molecule has 0 bridgehead atoms. The van der Waals surface area contributed by atoms with E-state index in [9.17, 15) is 21.6 Å². The van der Waals surface area contributed by atoms with Crippen LogP contribution in [0.4, 0.5) is 0 Å². The lowest BCUT2D eigenvalue weighted by molar-refractivity contribution is 0.499. The van der Waals surface area contributed by atoms with Crippen molar-refractivity contribution in [2.45, 2.75) is 13.3 Å². The Kier molecular flexibility index (Phi) is 4.40. The van der Waals surface area contributed by atoms with Gasteiger partial charge in [0.1, 0.15) is 0 Å². The van der Waals surface area contributed by atoms with Crippen LogP contribution in [0.25, 0.3) is 0 Å². The molecule has 0 amide bonds. The highest BCUT2D eigenvalue weighted by Gasteiger charge is 2.29. The number of carbonyl (C=O) groups excluding carboxylic acids is 1. The molecule has 9 heteroatoms. The molecule has 0 fully saturated rings. The Bertz CT molecular complexity index is 431. The van der Waals surface area contributed by atoms with Crippen LogP contribution in [0.3, 0.4) is 0 Å². The molecule has 0 aromatic heterocycles. The topological polar surface area (TPSA) is 101 Å². The molecule has 0 unspecified atom stereocenters. The molecule has 7 nitrogen and oxygen atoms in total. The second kappa shape index (κ2) is 4.65. The number of hydrogen-bond acceptors (Lipinski definition) is 5. The van der Waals surface area contributed by atoms with Crippen LogP contribution in [-0.2, 0) is 25.0 Å². The fraction of sp³-hybridized carbons (Fsp3) is 0.800. The van der Waals surface area contributed by atoms with Gasteiger partial charge in [0, 0.05) is 6.54 Å². The van der Waals surface area contributed by atoms with E-state index in [0.29, 0.717) is 6.42 Å². The van der Waals surface area contributed by atoms with Gasteiger partial charge < -0.3 is 0 Å². The van der Waals surface area contributed by atoms with Crippen LogP contribution in [0.5, 0.6) is 0 Å². The van der Waals surface area contributed by atoms with E-state index in [4.69, 9.17) is 0 Å². The smallest absolute Gasteiger partial charge is 0.211 e. The van der Waals surface area contributed by atoms with E-state index >= 15 is 0 Å². The van der Waals surface area contributed by atoms with Crippen LogP contribution >= 0.6 is 0 Å². The lowest BCUT2D eigenvalue weighted by atomic mass is 10.5. The van der Waals surface area contributed by atoms with E-state index in [0.717, 1.165) is 12.3 Å². The molecular weight excluding hydrogens is 232 g/mol. The Balaban J connectivity index is 5.35. The maximum Gasteiger partial charge on any atom is 0.345 e. The Morgan fingerprint density at radius 1 is 1.29 bits per heavy atom. The van der Waals surface area contributed by atoms with E-state index in [-0.39, 0.29) is 10.3 Å². The summed E-state index contributed by atoms with van der Waals surface area (Å²) >= 11 is 0. The predicted molar refractivity (Wildman–Crippen MR) is 48.9 cm³/mol. The van der Waals surface area contributed by atoms with E-state index in [2.05, 4.69) is 4.40 Å². The molecule has 0 aliphatic rings. The molecule has 0 aromatic carbocycles. The average molecular weight is 242 g/mol. The molecule has 0 aliphatic heterocycles. The van der Waals surface area contributed by atoms with Gasteiger partial charge in [0.25, 0.3) is 6.08 Å². The molecule has 0 heterocycles. The first-order chi connectivity index (χ1) is 6.25. The highest BCUT2D eigenvalue weighted by Crippen LogP contribution is 2.08. The van der Waals surface area contributed by atoms with Crippen molar-refractivity contribution in [2.24, 2.45) is 4.40 Å². The minimum atomic E-state index is -4.45. The fourth-order valence-electron chi connectivity index (χ4n) is 0.727. The SMILES string of the molecule is CCCN(S(C)(=O)=O)S(=O)(=O)N=C=O. The van der Waals surface area contributed by atoms with Crippen LogP contribution in [0.2, 0.25) is 0 Å². The van der Waals surface area contributed by atoms with Crippen molar-refractivity contribution in [1.82, 2.24) is 3.71 Å². The normalized spacial score (nSPS) is 12.5. The summed E-state index contributed by atoms with van der Waals surface area (Å²) in [5.41, 5.74) is 0. The molecule has 14 heavy (non-hydrogen) atoms. The van der Waals surface area contributed by atoms with E-state index in [1.165, 1.54) is 0 Å². The molecule has 0 saturated heterocycles. The Hall–Kier alpha value is -0.760. The number of sulfonamides is 1. The zero-order chi connectivity index (χ0) is 11.4. The third-order valence-corrected chi connectivity index (χ3v) is 4.49. The van der Waals surface area contributed by atoms with E-state index in [1.54, 1.807) is 6.92 Å². The number of nitrogens with zero attached hydrogens (tertiary/aromatic N) is 2. The lowest BCUT2D eigenvalue weighted by Crippen LogP contribution is -2.35. The molecule has 82 valence electrons. The molecule has 0 radical (unpaired) electrons. The first-order valence-electron chi connectivity index (χ1n) is 3.57. The van der Waals surface area contributed by atoms with Gasteiger partial charge in [-0.15, -0.1) is 0 Å². The maximum atomic E-state index is 11.1. The van der Waals surface area contributed by atoms with Gasteiger partial charge in [0.15, 0.2) is 0 Å². The summed E-state index contributed by atoms with van der Waals surface area (Å²) < 4.78 is 46.8. The van der Waals surface area contributed by atoms with Gasteiger partial charge in [-0.1, -0.05) is 15.0 Å². The van der Waals surface area contributed by atoms with Crippen LogP contribution in [0.15, 0.2) is 4.40 Å². The van der Waals surface area contributed by atoms with Gasteiger partial charge in [-0.05, 0) is 6.42 Å². The van der Waals surface area contributed by atoms with Crippen LogP contribution in [0, 0.1) is 0 Å². The molecule has 0 saturated carbocycles. The minimum absolute atomic E-state index is 0.158. The maximum absolute atomic E-state index is 11.1. The third kappa shape index (κ3) is 3.54. The summed E-state index contributed by atoms with van der Waals surface area (Å²) in [5.74, 6) is 0. The van der Waals surface area contributed by atoms with Crippen LogP contribution in [0.1, 0.15) is 13.3 Å². The monoisotopic (exact) mass is 242 g/mol. The van der Waals surface area contributed by atoms with Gasteiger partial charge in [-0.2, -0.15) is 8.42 Å². The molecule has 0 atom stereocenters. The number of hydrogen-bond donors (Lipinski definition) is 0. The summed E-state index contributed by atoms with van der Waals surface area (Å²) in [5, 5.41) is 0. The molecule has 0 spiro atoms. The largest absolute Gasteiger partial charge is 0.345 e. The molecule has 0 aromatic rings. The molecule has 0 aliphatic carbocycles. The minimum Gasteiger partial charge on any atom is -0.211 e. The van der Waals surface area contributed by atoms with Crippen molar-refractivity contribution in [3.8, 4) is 0 Å². The summed E-state index contributed by atoms with van der Waals surface area (Å²) in [6, 6.07) is 0. The van der Waals surface area contributed by atoms with E-state index in [1.807, 2.05) is 0 Å². The first-order valence-corrected chi connectivity index (χ1v) is 6.82. The summed E-state index contributed by atoms with van der Waals surface area (Å²) in [4.78, 5) is 9.76. The second-order valence-electron chi connectivity index (χ2n) is 2.42. The Morgan fingerprint density at radius 2 is 1.79 bits per heavy atom. The average Bonchev–Trinajstić information content (AvgIpc) is 1.97. The standard InChI is InChI=1S/C5H10N2O5S2/c1-3-4-7(13(2,9)10)14(11,12)6-5-8/h3-4H2,1-2H3. The zero-order valence-electron chi connectivity index (χ0n) is 7.67. The summed E-state index contributed by atoms with van der Waals surface area (Å²) in [6.07, 6.45) is 1.81. The Labute approximate surface area is 82.7 Å². The predicted octanol–water partition coefficient (Wildman–Crippen LogP) is -0.761. The van der Waals surface area contributed by atoms with Crippen molar-refractivity contribution in [1.29, 1.82) is 0 Å². The van der Waals surface area contributed by atoms with Crippen molar-refractivity contribution in [3.63, 3.8) is 0 Å². The first kappa shape index (κ1) is 13.2. The van der Waals surface area contributed by atoms with Gasteiger partial charge in [0.05, 0.1) is 6.26 Å². The van der Waals surface area contributed by atoms with Gasteiger partial charge >= 0.3 is 10.2 Å². The summed E-state index contributed by atoms with van der Waals surface area (Å²) in [6.45, 7) is 1.35. The van der Waals surface area contributed by atoms with Crippen LogP contribution < -0.4 is 0 Å². The Morgan fingerprint density at radius 3 is 2.07 bits per heavy atom. The second-order valence-corrected chi connectivity index (χ2v) is 6.08. The van der Waals surface area contributed by atoms with Crippen molar-refractivity contribution < 1.29 is 21.6 Å². The molecule has 0 rings (SSSR count). The lowest BCUT2D eigenvalue weighted by Gasteiger charge is -2.14.